The van der Waals surface area contributed by atoms with Crippen molar-refractivity contribution in [3.8, 4) is 0 Å². The van der Waals surface area contributed by atoms with Crippen LogP contribution in [0.2, 0.25) is 0 Å². The lowest BCUT2D eigenvalue weighted by Gasteiger charge is -2.08. The van der Waals surface area contributed by atoms with E-state index >= 15 is 0 Å². The molecule has 0 aliphatic heterocycles. The summed E-state index contributed by atoms with van der Waals surface area (Å²) in [5.41, 5.74) is 0. The number of anilines is 1. The topological polar surface area (TPSA) is 41.0 Å². The van der Waals surface area contributed by atoms with Gasteiger partial charge in [-0.1, -0.05) is 0 Å². The molecule has 4 nitrogen and oxygen atoms in total. The average Bonchev–Trinajstić information content (AvgIpc) is 2.87. The molecule has 0 bridgehead atoms. The van der Waals surface area contributed by atoms with Gasteiger partial charge in [-0.15, -0.1) is 0 Å². The van der Waals surface area contributed by atoms with Gasteiger partial charge in [0.05, 0.1) is 0 Å². The average molecular weight is 212 g/mol. The molecule has 78 valence electrons. The Morgan fingerprint density at radius 1 is 1.50 bits per heavy atom. The van der Waals surface area contributed by atoms with Gasteiger partial charge in [0.1, 0.15) is 5.82 Å². The molecule has 0 radical (unpaired) electrons. The van der Waals surface area contributed by atoms with Crippen molar-refractivity contribution in [1.82, 2.24) is 14.3 Å². The van der Waals surface area contributed by atoms with Gasteiger partial charge in [0.2, 0.25) is 5.13 Å². The summed E-state index contributed by atoms with van der Waals surface area (Å²) in [6.45, 7) is 1.96. The molecular formula is C9H16N4S. The minimum atomic E-state index is 0.663. The highest BCUT2D eigenvalue weighted by Gasteiger charge is 2.27. The number of hydrogen-bond donors (Lipinski definition) is 1. The normalized spacial score (nSPS) is 16.2. The van der Waals surface area contributed by atoms with E-state index in [-0.39, 0.29) is 0 Å². The molecule has 0 aromatic carbocycles. The highest BCUT2D eigenvalue weighted by Crippen LogP contribution is 2.39. The van der Waals surface area contributed by atoms with Crippen molar-refractivity contribution in [2.45, 2.75) is 18.8 Å². The number of nitrogens with one attached hydrogen (secondary N) is 1. The second-order valence-electron chi connectivity index (χ2n) is 3.96. The third-order valence-electron chi connectivity index (χ3n) is 2.22. The molecule has 5 heteroatoms. The smallest absolute Gasteiger partial charge is 0.202 e. The van der Waals surface area contributed by atoms with E-state index in [1.165, 1.54) is 24.4 Å². The molecule has 1 aliphatic rings. The quantitative estimate of drug-likeness (QED) is 0.801. The summed E-state index contributed by atoms with van der Waals surface area (Å²) in [6, 6.07) is 0. The van der Waals surface area contributed by atoms with Gasteiger partial charge in [0.25, 0.3) is 0 Å². The van der Waals surface area contributed by atoms with Crippen LogP contribution in [0.1, 0.15) is 24.6 Å². The Morgan fingerprint density at radius 2 is 2.29 bits per heavy atom. The molecule has 0 spiro atoms. The van der Waals surface area contributed by atoms with Crippen molar-refractivity contribution < 1.29 is 0 Å². The molecule has 0 atom stereocenters. The third kappa shape index (κ3) is 2.65. The zero-order chi connectivity index (χ0) is 9.97. The van der Waals surface area contributed by atoms with Crippen LogP contribution in [0.3, 0.4) is 0 Å². The third-order valence-corrected chi connectivity index (χ3v) is 2.91. The summed E-state index contributed by atoms with van der Waals surface area (Å²) in [5.74, 6) is 1.71. The van der Waals surface area contributed by atoms with Crippen LogP contribution in [0.4, 0.5) is 5.13 Å². The molecular weight excluding hydrogens is 196 g/mol. The van der Waals surface area contributed by atoms with Crippen LogP contribution in [0.15, 0.2) is 0 Å². The molecule has 1 saturated carbocycles. The Balaban J connectivity index is 1.78. The van der Waals surface area contributed by atoms with Crippen molar-refractivity contribution >= 4 is 16.7 Å². The molecule has 14 heavy (non-hydrogen) atoms. The fourth-order valence-electron chi connectivity index (χ4n) is 1.20. The van der Waals surface area contributed by atoms with Gasteiger partial charge in [-0.2, -0.15) is 4.37 Å². The van der Waals surface area contributed by atoms with Crippen LogP contribution >= 0.6 is 11.5 Å². The van der Waals surface area contributed by atoms with Crippen molar-refractivity contribution in [2.75, 3.05) is 32.5 Å². The van der Waals surface area contributed by atoms with E-state index in [1.807, 2.05) is 0 Å². The van der Waals surface area contributed by atoms with Crippen LogP contribution in [0, 0.1) is 0 Å². The van der Waals surface area contributed by atoms with E-state index < -0.39 is 0 Å². The zero-order valence-corrected chi connectivity index (χ0v) is 9.47. The monoisotopic (exact) mass is 212 g/mol. The first kappa shape index (κ1) is 9.86. The summed E-state index contributed by atoms with van der Waals surface area (Å²) in [5, 5.41) is 4.25. The van der Waals surface area contributed by atoms with E-state index in [9.17, 15) is 0 Å². The Labute approximate surface area is 88.5 Å². The van der Waals surface area contributed by atoms with E-state index in [2.05, 4.69) is 33.7 Å². The highest BCUT2D eigenvalue weighted by atomic mass is 32.1. The minimum absolute atomic E-state index is 0.663. The van der Waals surface area contributed by atoms with E-state index in [4.69, 9.17) is 0 Å². The van der Waals surface area contributed by atoms with Crippen LogP contribution in [-0.2, 0) is 0 Å². The Hall–Kier alpha value is -0.680. The van der Waals surface area contributed by atoms with E-state index in [0.29, 0.717) is 5.92 Å². The summed E-state index contributed by atoms with van der Waals surface area (Å²) in [4.78, 5) is 6.60. The van der Waals surface area contributed by atoms with Gasteiger partial charge < -0.3 is 10.2 Å². The van der Waals surface area contributed by atoms with Gasteiger partial charge in [-0.3, -0.25) is 0 Å². The number of hydrogen-bond acceptors (Lipinski definition) is 5. The Bertz CT molecular complexity index is 293. The fourth-order valence-corrected chi connectivity index (χ4v) is 1.87. The van der Waals surface area contributed by atoms with Crippen LogP contribution in [0.25, 0.3) is 0 Å². The van der Waals surface area contributed by atoms with Gasteiger partial charge in [-0.25, -0.2) is 4.98 Å². The number of nitrogens with zero attached hydrogens (tertiary/aromatic N) is 3. The lowest BCUT2D eigenvalue weighted by molar-refractivity contribution is 0.425. The lowest BCUT2D eigenvalue weighted by Crippen LogP contribution is -2.20. The predicted octanol–water partition coefficient (Wildman–Crippen LogP) is 1.39. The van der Waals surface area contributed by atoms with Gasteiger partial charge in [0.15, 0.2) is 0 Å². The van der Waals surface area contributed by atoms with Crippen molar-refractivity contribution in [2.24, 2.45) is 0 Å². The van der Waals surface area contributed by atoms with E-state index in [1.54, 1.807) is 0 Å². The molecule has 0 saturated heterocycles. The van der Waals surface area contributed by atoms with Gasteiger partial charge in [-0.05, 0) is 26.9 Å². The molecule has 1 aromatic heterocycles. The second kappa shape index (κ2) is 4.23. The van der Waals surface area contributed by atoms with Crippen molar-refractivity contribution in [1.29, 1.82) is 0 Å². The SMILES string of the molecule is CN(C)CCNc1nc(C2CC2)ns1. The Kier molecular flexibility index (Phi) is 2.98. The molecule has 1 aromatic rings. The molecule has 1 aliphatic carbocycles. The maximum atomic E-state index is 4.45. The van der Waals surface area contributed by atoms with Crippen molar-refractivity contribution in [3.63, 3.8) is 0 Å². The number of likely N-dealkylation sites (N-methyl/N-ethyl adjacent to an activating group) is 1. The maximum absolute atomic E-state index is 4.45. The molecule has 1 fully saturated rings. The Morgan fingerprint density at radius 3 is 2.93 bits per heavy atom. The van der Waals surface area contributed by atoms with Gasteiger partial charge >= 0.3 is 0 Å². The summed E-state index contributed by atoms with van der Waals surface area (Å²) < 4.78 is 4.33. The second-order valence-corrected chi connectivity index (χ2v) is 4.71. The maximum Gasteiger partial charge on any atom is 0.202 e. The van der Waals surface area contributed by atoms with Gasteiger partial charge in [0, 0.05) is 30.5 Å². The van der Waals surface area contributed by atoms with E-state index in [0.717, 1.165) is 24.0 Å². The molecule has 0 unspecified atom stereocenters. The van der Waals surface area contributed by atoms with Crippen molar-refractivity contribution in [3.05, 3.63) is 5.82 Å². The first-order valence-electron chi connectivity index (χ1n) is 4.98. The first-order chi connectivity index (χ1) is 6.75. The summed E-state index contributed by atoms with van der Waals surface area (Å²) >= 11 is 1.48. The largest absolute Gasteiger partial charge is 0.359 e. The van der Waals surface area contributed by atoms with Crippen LogP contribution < -0.4 is 5.32 Å². The van der Waals surface area contributed by atoms with Crippen LogP contribution in [0.5, 0.6) is 0 Å². The summed E-state index contributed by atoms with van der Waals surface area (Å²) in [7, 11) is 4.13. The highest BCUT2D eigenvalue weighted by molar-refractivity contribution is 7.09. The zero-order valence-electron chi connectivity index (χ0n) is 8.66. The molecule has 0 amide bonds. The fraction of sp³-hybridized carbons (Fsp3) is 0.778. The van der Waals surface area contributed by atoms with Crippen LogP contribution in [-0.4, -0.2) is 41.4 Å². The number of rotatable bonds is 5. The molecule has 2 rings (SSSR count). The first-order valence-corrected chi connectivity index (χ1v) is 5.75. The molecule has 1 N–H and O–H groups in total. The molecule has 1 heterocycles. The minimum Gasteiger partial charge on any atom is -0.359 e. The summed E-state index contributed by atoms with van der Waals surface area (Å²) in [6.07, 6.45) is 2.54. The number of aromatic nitrogens is 2. The lowest BCUT2D eigenvalue weighted by atomic mass is 10.4. The standard InChI is InChI=1S/C9H16N4S/c1-13(2)6-5-10-9-11-8(12-14-9)7-3-4-7/h7H,3-6H2,1-2H3,(H,10,11,12). The predicted molar refractivity (Wildman–Crippen MR) is 58.9 cm³/mol.